The van der Waals surface area contributed by atoms with Gasteiger partial charge in [0.25, 0.3) is 10.0 Å². The summed E-state index contributed by atoms with van der Waals surface area (Å²) in [7, 11) is -3.71. The number of carbonyl (C=O) groups is 1. The molecular weight excluding hydrogens is 324 g/mol. The van der Waals surface area contributed by atoms with E-state index in [4.69, 9.17) is 11.6 Å². The maximum absolute atomic E-state index is 12.5. The maximum atomic E-state index is 12.5. The van der Waals surface area contributed by atoms with Crippen molar-refractivity contribution in [3.05, 3.63) is 0 Å². The molecule has 1 aromatic rings. The summed E-state index contributed by atoms with van der Waals surface area (Å²) >= 11 is 6.71. The summed E-state index contributed by atoms with van der Waals surface area (Å²) < 4.78 is 26.3. The monoisotopic (exact) mass is 338 g/mol. The minimum absolute atomic E-state index is 0.120. The van der Waals surface area contributed by atoms with Crippen LogP contribution in [0.1, 0.15) is 20.3 Å². The molecule has 0 saturated carbocycles. The van der Waals surface area contributed by atoms with E-state index in [1.165, 1.54) is 11.2 Å². The Morgan fingerprint density at radius 3 is 2.85 bits per heavy atom. The minimum atomic E-state index is -3.71. The molecule has 0 radical (unpaired) electrons. The summed E-state index contributed by atoms with van der Waals surface area (Å²) in [6.07, 6.45) is 0.772. The van der Waals surface area contributed by atoms with Gasteiger partial charge in [0.05, 0.1) is 0 Å². The highest BCUT2D eigenvalue weighted by Gasteiger charge is 2.40. The van der Waals surface area contributed by atoms with Crippen molar-refractivity contribution in [2.75, 3.05) is 17.7 Å². The van der Waals surface area contributed by atoms with Crippen molar-refractivity contribution in [3.63, 3.8) is 0 Å². The molecular formula is C10H15ClN4O3S2. The number of sulfonamides is 1. The summed E-state index contributed by atoms with van der Waals surface area (Å²) in [4.78, 5) is 10.9. The first-order valence-electron chi connectivity index (χ1n) is 6.05. The highest BCUT2D eigenvalue weighted by atomic mass is 35.5. The maximum Gasteiger partial charge on any atom is 0.272 e. The molecule has 1 fully saturated rings. The molecule has 1 saturated heterocycles. The van der Waals surface area contributed by atoms with Gasteiger partial charge in [-0.15, -0.1) is 21.8 Å². The van der Waals surface area contributed by atoms with Gasteiger partial charge in [-0.3, -0.25) is 4.79 Å². The number of hydrogen-bond acceptors (Lipinski definition) is 6. The molecule has 10 heteroatoms. The van der Waals surface area contributed by atoms with E-state index in [0.29, 0.717) is 6.54 Å². The van der Waals surface area contributed by atoms with Crippen molar-refractivity contribution >= 4 is 44.0 Å². The van der Waals surface area contributed by atoms with E-state index in [1.807, 2.05) is 6.92 Å². The molecule has 1 N–H and O–H groups in total. The minimum Gasteiger partial charge on any atom is -0.301 e. The second-order valence-corrected chi connectivity index (χ2v) is 8.01. The molecule has 112 valence electrons. The van der Waals surface area contributed by atoms with Crippen molar-refractivity contribution in [3.8, 4) is 0 Å². The van der Waals surface area contributed by atoms with Crippen LogP contribution in [-0.4, -0.2) is 47.3 Å². The lowest BCUT2D eigenvalue weighted by Crippen LogP contribution is -2.38. The topological polar surface area (TPSA) is 92.3 Å². The number of rotatable bonds is 4. The predicted molar refractivity (Wildman–Crippen MR) is 76.4 cm³/mol. The molecule has 0 aromatic carbocycles. The molecule has 20 heavy (non-hydrogen) atoms. The zero-order valence-corrected chi connectivity index (χ0v) is 13.4. The van der Waals surface area contributed by atoms with Gasteiger partial charge >= 0.3 is 0 Å². The zero-order chi connectivity index (χ0) is 14.9. The Morgan fingerprint density at radius 1 is 1.55 bits per heavy atom. The Morgan fingerprint density at radius 2 is 2.25 bits per heavy atom. The van der Waals surface area contributed by atoms with Crippen molar-refractivity contribution in [1.82, 2.24) is 14.5 Å². The van der Waals surface area contributed by atoms with Gasteiger partial charge in [0, 0.05) is 25.4 Å². The SMILES string of the molecule is CC(=O)Nc1nnc(S(=O)(=O)N2CCC(C)C2CCl)s1. The standard InChI is InChI=1S/C10H15ClN4O3S2/c1-6-3-4-15(8(6)5-11)20(17,18)10-14-13-9(19-10)12-7(2)16/h6,8H,3-5H2,1-2H3,(H,12,13,16). The van der Waals surface area contributed by atoms with Crippen LogP contribution in [0.3, 0.4) is 0 Å². The van der Waals surface area contributed by atoms with Crippen molar-refractivity contribution < 1.29 is 13.2 Å². The number of amides is 1. The molecule has 0 bridgehead atoms. The molecule has 1 aromatic heterocycles. The molecule has 1 aliphatic heterocycles. The quantitative estimate of drug-likeness (QED) is 0.656. The number of halogens is 1. The lowest BCUT2D eigenvalue weighted by Gasteiger charge is -2.22. The van der Waals surface area contributed by atoms with Crippen LogP contribution in [0, 0.1) is 5.92 Å². The second-order valence-electron chi connectivity index (χ2n) is 4.66. The smallest absolute Gasteiger partial charge is 0.272 e. The van der Waals surface area contributed by atoms with Crippen LogP contribution in [-0.2, 0) is 14.8 Å². The third-order valence-corrected chi connectivity index (χ3v) is 6.63. The Labute approximate surface area is 126 Å². The summed E-state index contributed by atoms with van der Waals surface area (Å²) in [5.41, 5.74) is 0. The Balaban J connectivity index is 2.26. The van der Waals surface area contributed by atoms with E-state index in [2.05, 4.69) is 15.5 Å². The molecule has 1 aliphatic rings. The van der Waals surface area contributed by atoms with Gasteiger partial charge in [-0.05, 0) is 12.3 Å². The first-order valence-corrected chi connectivity index (χ1v) is 8.84. The number of hydrogen-bond donors (Lipinski definition) is 1. The Hall–Kier alpha value is -0.770. The zero-order valence-electron chi connectivity index (χ0n) is 11.0. The van der Waals surface area contributed by atoms with E-state index in [9.17, 15) is 13.2 Å². The van der Waals surface area contributed by atoms with Crippen molar-refractivity contribution in [2.45, 2.75) is 30.6 Å². The van der Waals surface area contributed by atoms with E-state index in [1.54, 1.807) is 0 Å². The van der Waals surface area contributed by atoms with Crippen LogP contribution in [0.4, 0.5) is 5.13 Å². The molecule has 2 heterocycles. The molecule has 2 atom stereocenters. The van der Waals surface area contributed by atoms with Crippen LogP contribution in [0.25, 0.3) is 0 Å². The third kappa shape index (κ3) is 2.95. The molecule has 1 amide bonds. The highest BCUT2D eigenvalue weighted by Crippen LogP contribution is 2.32. The van der Waals surface area contributed by atoms with E-state index in [0.717, 1.165) is 17.8 Å². The largest absolute Gasteiger partial charge is 0.301 e. The molecule has 7 nitrogen and oxygen atoms in total. The number of aromatic nitrogens is 2. The van der Waals surface area contributed by atoms with Crippen LogP contribution in [0.15, 0.2) is 4.34 Å². The number of nitrogens with one attached hydrogen (secondary N) is 1. The van der Waals surface area contributed by atoms with Gasteiger partial charge in [0.1, 0.15) is 0 Å². The lowest BCUT2D eigenvalue weighted by molar-refractivity contribution is -0.114. The normalized spacial score (nSPS) is 23.9. The van der Waals surface area contributed by atoms with E-state index in [-0.39, 0.29) is 33.2 Å². The van der Waals surface area contributed by atoms with Gasteiger partial charge in [0.15, 0.2) is 0 Å². The third-order valence-electron chi connectivity index (χ3n) is 3.21. The number of alkyl halides is 1. The fourth-order valence-electron chi connectivity index (χ4n) is 2.12. The predicted octanol–water partition coefficient (Wildman–Crippen LogP) is 1.13. The molecule has 2 unspecified atom stereocenters. The second kappa shape index (κ2) is 5.92. The molecule has 0 aliphatic carbocycles. The number of anilines is 1. The Kier molecular flexibility index (Phi) is 4.62. The van der Waals surface area contributed by atoms with E-state index >= 15 is 0 Å². The van der Waals surface area contributed by atoms with Gasteiger partial charge in [-0.1, -0.05) is 18.3 Å². The average Bonchev–Trinajstić information content (AvgIpc) is 2.95. The summed E-state index contributed by atoms with van der Waals surface area (Å²) in [6.45, 7) is 3.72. The van der Waals surface area contributed by atoms with Gasteiger partial charge < -0.3 is 5.32 Å². The number of carbonyl (C=O) groups excluding carboxylic acids is 1. The highest BCUT2D eigenvalue weighted by molar-refractivity contribution is 7.91. The first-order chi connectivity index (χ1) is 9.36. The Bertz CT molecular complexity index is 603. The van der Waals surface area contributed by atoms with Crippen molar-refractivity contribution in [1.29, 1.82) is 0 Å². The summed E-state index contributed by atoms with van der Waals surface area (Å²) in [5.74, 6) is 0.140. The van der Waals surface area contributed by atoms with Crippen LogP contribution < -0.4 is 5.32 Å². The van der Waals surface area contributed by atoms with Crippen LogP contribution in [0.2, 0.25) is 0 Å². The average molecular weight is 339 g/mol. The summed E-state index contributed by atoms with van der Waals surface area (Å²) in [6, 6.07) is -0.227. The fourth-order valence-corrected chi connectivity index (χ4v) is 5.47. The fraction of sp³-hybridized carbons (Fsp3) is 0.700. The molecule has 2 rings (SSSR count). The first kappa shape index (κ1) is 15.6. The van der Waals surface area contributed by atoms with Gasteiger partial charge in [-0.2, -0.15) is 4.31 Å². The lowest BCUT2D eigenvalue weighted by atomic mass is 10.1. The number of nitrogens with zero attached hydrogens (tertiary/aromatic N) is 3. The summed E-state index contributed by atoms with van der Waals surface area (Å²) in [5, 5.41) is 9.91. The van der Waals surface area contributed by atoms with Crippen LogP contribution >= 0.6 is 22.9 Å². The molecule has 0 spiro atoms. The van der Waals surface area contributed by atoms with Crippen molar-refractivity contribution in [2.24, 2.45) is 5.92 Å². The van der Waals surface area contributed by atoms with Gasteiger partial charge in [-0.25, -0.2) is 8.42 Å². The van der Waals surface area contributed by atoms with Gasteiger partial charge in [0.2, 0.25) is 15.4 Å². The van der Waals surface area contributed by atoms with E-state index < -0.39 is 10.0 Å². The van der Waals surface area contributed by atoms with Crippen LogP contribution in [0.5, 0.6) is 0 Å².